The Morgan fingerprint density at radius 1 is 1.48 bits per heavy atom. The number of aromatic nitrogens is 2. The van der Waals surface area contributed by atoms with E-state index in [0.29, 0.717) is 13.2 Å². The molecule has 0 bridgehead atoms. The first-order valence-corrected chi connectivity index (χ1v) is 7.50. The van der Waals surface area contributed by atoms with E-state index in [1.54, 1.807) is 7.11 Å². The van der Waals surface area contributed by atoms with Crippen LogP contribution in [0.2, 0.25) is 0 Å². The van der Waals surface area contributed by atoms with Gasteiger partial charge in [0.2, 0.25) is 0 Å². The second kappa shape index (κ2) is 6.70. The van der Waals surface area contributed by atoms with Gasteiger partial charge in [-0.3, -0.25) is 5.10 Å². The molecule has 23 heavy (non-hydrogen) atoms. The number of fused-ring (bicyclic) bond motifs is 1. The number of carbonyl (C=O) groups is 1. The quantitative estimate of drug-likeness (QED) is 0.789. The first-order valence-electron chi connectivity index (χ1n) is 7.50. The second-order valence-corrected chi connectivity index (χ2v) is 5.58. The van der Waals surface area contributed by atoms with Crippen LogP contribution in [0.5, 0.6) is 5.75 Å². The number of H-pyrrole nitrogens is 1. The Kier molecular flexibility index (Phi) is 4.47. The molecule has 0 unspecified atom stereocenters. The van der Waals surface area contributed by atoms with Crippen LogP contribution >= 0.6 is 0 Å². The molecule has 7 nitrogen and oxygen atoms in total. The molecule has 1 aliphatic rings. The number of rotatable bonds is 5. The Bertz CT molecular complexity index is 698. The lowest BCUT2D eigenvalue weighted by molar-refractivity contribution is 0.181. The van der Waals surface area contributed by atoms with Crippen LogP contribution in [0, 0.1) is 0 Å². The smallest absolute Gasteiger partial charge is 0.319 e. The van der Waals surface area contributed by atoms with Crippen molar-refractivity contribution in [2.24, 2.45) is 0 Å². The summed E-state index contributed by atoms with van der Waals surface area (Å²) in [5.74, 6) is 0.895. The highest BCUT2D eigenvalue weighted by atomic mass is 16.5. The Hall–Kier alpha value is -2.54. The zero-order chi connectivity index (χ0) is 16.2. The van der Waals surface area contributed by atoms with Crippen LogP contribution in [0.4, 0.5) is 10.5 Å². The van der Waals surface area contributed by atoms with Crippen LogP contribution in [0.15, 0.2) is 24.3 Å². The molecule has 0 saturated heterocycles. The normalized spacial score (nSPS) is 15.8. The van der Waals surface area contributed by atoms with E-state index in [-0.39, 0.29) is 12.1 Å². The number of methoxy groups -OCH3 is 1. The standard InChI is InChI=1S/C16H20N4O3/c1-10-5-11-6-12(3-4-15(11)23-10)18-16(21)17-8-13-7-14(9-22-2)20-19-13/h3-4,6-7,10H,5,8-9H2,1-2H3,(H,19,20)(H2,17,18,21)/t10-/m1/s1. The maximum Gasteiger partial charge on any atom is 0.319 e. The van der Waals surface area contributed by atoms with E-state index in [9.17, 15) is 4.79 Å². The number of benzene rings is 1. The number of hydrogen-bond donors (Lipinski definition) is 3. The zero-order valence-electron chi connectivity index (χ0n) is 13.2. The number of ether oxygens (including phenoxy) is 2. The Balaban J connectivity index is 1.52. The molecule has 2 amide bonds. The fraction of sp³-hybridized carbons (Fsp3) is 0.375. The third-order valence-electron chi connectivity index (χ3n) is 3.57. The van der Waals surface area contributed by atoms with Crippen LogP contribution < -0.4 is 15.4 Å². The molecule has 2 aromatic rings. The lowest BCUT2D eigenvalue weighted by Crippen LogP contribution is -2.28. The Morgan fingerprint density at radius 3 is 3.17 bits per heavy atom. The zero-order valence-corrected chi connectivity index (χ0v) is 13.2. The van der Waals surface area contributed by atoms with Gasteiger partial charge in [-0.1, -0.05) is 0 Å². The van der Waals surface area contributed by atoms with Gasteiger partial charge in [0.15, 0.2) is 0 Å². The first-order chi connectivity index (χ1) is 11.1. The maximum atomic E-state index is 12.0. The van der Waals surface area contributed by atoms with Gasteiger partial charge < -0.3 is 20.1 Å². The molecule has 0 saturated carbocycles. The summed E-state index contributed by atoms with van der Waals surface area (Å²) < 4.78 is 10.6. The Morgan fingerprint density at radius 2 is 2.35 bits per heavy atom. The van der Waals surface area contributed by atoms with E-state index in [2.05, 4.69) is 20.8 Å². The van der Waals surface area contributed by atoms with Crippen LogP contribution in [-0.2, 0) is 24.3 Å². The number of carbonyl (C=O) groups excluding carboxylic acids is 1. The molecule has 0 radical (unpaired) electrons. The van der Waals surface area contributed by atoms with Crippen molar-refractivity contribution in [2.75, 3.05) is 12.4 Å². The van der Waals surface area contributed by atoms with Gasteiger partial charge >= 0.3 is 6.03 Å². The largest absolute Gasteiger partial charge is 0.490 e. The summed E-state index contributed by atoms with van der Waals surface area (Å²) in [7, 11) is 1.61. The summed E-state index contributed by atoms with van der Waals surface area (Å²) >= 11 is 0. The van der Waals surface area contributed by atoms with E-state index < -0.39 is 0 Å². The van der Waals surface area contributed by atoms with Crippen molar-refractivity contribution in [3.05, 3.63) is 41.2 Å². The highest BCUT2D eigenvalue weighted by molar-refractivity contribution is 5.89. The molecule has 1 atom stereocenters. The molecule has 7 heteroatoms. The predicted octanol–water partition coefficient (Wildman–Crippen LogP) is 2.20. The molecule has 122 valence electrons. The number of aromatic amines is 1. The van der Waals surface area contributed by atoms with E-state index in [0.717, 1.165) is 34.8 Å². The van der Waals surface area contributed by atoms with Gasteiger partial charge in [0.1, 0.15) is 11.9 Å². The molecule has 0 aliphatic carbocycles. The minimum absolute atomic E-state index is 0.191. The average molecular weight is 316 g/mol. The van der Waals surface area contributed by atoms with Gasteiger partial charge in [0, 0.05) is 19.2 Å². The van der Waals surface area contributed by atoms with E-state index >= 15 is 0 Å². The van der Waals surface area contributed by atoms with Gasteiger partial charge in [-0.05, 0) is 36.8 Å². The molecule has 3 rings (SSSR count). The summed E-state index contributed by atoms with van der Waals surface area (Å²) in [5, 5.41) is 12.5. The SMILES string of the molecule is COCc1cc(CNC(=O)Nc2ccc3c(c2)C[C@@H](C)O3)[nH]n1. The summed E-state index contributed by atoms with van der Waals surface area (Å²) in [6, 6.07) is 7.27. The van der Waals surface area contributed by atoms with Gasteiger partial charge in [-0.2, -0.15) is 5.10 Å². The number of nitrogens with one attached hydrogen (secondary N) is 3. The fourth-order valence-electron chi connectivity index (χ4n) is 2.57. The summed E-state index contributed by atoms with van der Waals surface area (Å²) in [4.78, 5) is 12.0. The molecule has 0 fully saturated rings. The minimum Gasteiger partial charge on any atom is -0.490 e. The molecule has 0 spiro atoms. The van der Waals surface area contributed by atoms with Crippen LogP contribution in [0.25, 0.3) is 0 Å². The number of anilines is 1. The number of amides is 2. The van der Waals surface area contributed by atoms with E-state index in [4.69, 9.17) is 9.47 Å². The monoisotopic (exact) mass is 316 g/mol. The van der Waals surface area contributed by atoms with Gasteiger partial charge in [0.05, 0.1) is 24.5 Å². The predicted molar refractivity (Wildman–Crippen MR) is 85.4 cm³/mol. The van der Waals surface area contributed by atoms with Crippen LogP contribution in [0.1, 0.15) is 23.9 Å². The van der Waals surface area contributed by atoms with Crippen molar-refractivity contribution in [1.29, 1.82) is 0 Å². The third kappa shape index (κ3) is 3.81. The highest BCUT2D eigenvalue weighted by Gasteiger charge is 2.19. The van der Waals surface area contributed by atoms with Crippen molar-refractivity contribution in [1.82, 2.24) is 15.5 Å². The van der Waals surface area contributed by atoms with E-state index in [1.807, 2.05) is 31.2 Å². The number of hydrogen-bond acceptors (Lipinski definition) is 4. The molecule has 1 aromatic heterocycles. The molecule has 1 aromatic carbocycles. The molecule has 1 aliphatic heterocycles. The number of nitrogens with zero attached hydrogens (tertiary/aromatic N) is 1. The summed E-state index contributed by atoms with van der Waals surface area (Å²) in [6.07, 6.45) is 1.05. The van der Waals surface area contributed by atoms with Gasteiger partial charge in [-0.25, -0.2) is 4.79 Å². The summed E-state index contributed by atoms with van der Waals surface area (Å²) in [5.41, 5.74) is 3.50. The lowest BCUT2D eigenvalue weighted by atomic mass is 10.1. The van der Waals surface area contributed by atoms with Gasteiger partial charge in [-0.15, -0.1) is 0 Å². The van der Waals surface area contributed by atoms with Gasteiger partial charge in [0.25, 0.3) is 0 Å². The van der Waals surface area contributed by atoms with Crippen LogP contribution in [0.3, 0.4) is 0 Å². The molecule has 2 heterocycles. The number of urea groups is 1. The first kappa shape index (κ1) is 15.4. The molecule has 3 N–H and O–H groups in total. The van der Waals surface area contributed by atoms with Crippen molar-refractivity contribution in [2.45, 2.75) is 32.6 Å². The van der Waals surface area contributed by atoms with Crippen LogP contribution in [-0.4, -0.2) is 29.4 Å². The second-order valence-electron chi connectivity index (χ2n) is 5.58. The molecular formula is C16H20N4O3. The maximum absolute atomic E-state index is 12.0. The lowest BCUT2D eigenvalue weighted by Gasteiger charge is -2.08. The van der Waals surface area contributed by atoms with E-state index in [1.165, 1.54) is 0 Å². The minimum atomic E-state index is -0.264. The average Bonchev–Trinajstić information content (AvgIpc) is 3.10. The summed E-state index contributed by atoms with van der Waals surface area (Å²) in [6.45, 7) is 2.84. The Labute approximate surface area is 134 Å². The highest BCUT2D eigenvalue weighted by Crippen LogP contribution is 2.30. The fourth-order valence-corrected chi connectivity index (χ4v) is 2.57. The third-order valence-corrected chi connectivity index (χ3v) is 3.57. The van der Waals surface area contributed by atoms with Crippen molar-refractivity contribution in [3.63, 3.8) is 0 Å². The van der Waals surface area contributed by atoms with Crippen molar-refractivity contribution < 1.29 is 14.3 Å². The topological polar surface area (TPSA) is 88.3 Å². The van der Waals surface area contributed by atoms with Crippen molar-refractivity contribution >= 4 is 11.7 Å². The molecular weight excluding hydrogens is 296 g/mol. The van der Waals surface area contributed by atoms with Crippen molar-refractivity contribution in [3.8, 4) is 5.75 Å².